The lowest BCUT2D eigenvalue weighted by Crippen LogP contribution is -2.33. The Morgan fingerprint density at radius 3 is 2.39 bits per heavy atom. The maximum Gasteiger partial charge on any atom is 0.573 e. The van der Waals surface area contributed by atoms with E-state index in [0.29, 0.717) is 24.4 Å². The Labute approximate surface area is 197 Å². The van der Waals surface area contributed by atoms with E-state index in [4.69, 9.17) is 4.74 Å². The molecule has 0 aliphatic rings. The molecule has 0 aliphatic heterocycles. The summed E-state index contributed by atoms with van der Waals surface area (Å²) in [5, 5.41) is 2.40. The normalized spacial score (nSPS) is 12.8. The summed E-state index contributed by atoms with van der Waals surface area (Å²) >= 11 is 0. The topological polar surface area (TPSA) is 106 Å². The van der Waals surface area contributed by atoms with Crippen molar-refractivity contribution in [2.45, 2.75) is 18.6 Å². The number of H-pyrrole nitrogens is 1. The molecule has 1 aromatic carbocycles. The predicted octanol–water partition coefficient (Wildman–Crippen LogP) is 4.01. The number of rotatable bonds is 7. The highest BCUT2D eigenvalue weighted by atomic mass is 19.4. The Kier molecular flexibility index (Phi) is 7.62. The van der Waals surface area contributed by atoms with Crippen LogP contribution in [-0.2, 0) is 10.9 Å². The van der Waals surface area contributed by atoms with Crippen LogP contribution in [0.25, 0.3) is 11.5 Å². The molecule has 0 saturated heterocycles. The van der Waals surface area contributed by atoms with Gasteiger partial charge in [0, 0.05) is 19.4 Å². The van der Waals surface area contributed by atoms with Crippen LogP contribution in [0.5, 0.6) is 5.75 Å². The number of hydrogen-bond donors (Lipinski definition) is 2. The lowest BCUT2D eigenvalue weighted by atomic mass is 10.1. The molecular formula is C21H15F7N4O4. The van der Waals surface area contributed by atoms with Gasteiger partial charge in [0.05, 0.1) is 18.2 Å². The van der Waals surface area contributed by atoms with Gasteiger partial charge in [-0.1, -0.05) is 6.07 Å². The second-order valence-electron chi connectivity index (χ2n) is 7.13. The summed E-state index contributed by atoms with van der Waals surface area (Å²) in [5.41, 5.74) is -2.48. The minimum absolute atomic E-state index is 0.00620. The number of ether oxygens (including phenoxy) is 2. The number of carbonyl (C=O) groups excluding carboxylic acids is 1. The first-order valence-corrected chi connectivity index (χ1v) is 9.77. The average molecular weight is 520 g/mol. The molecule has 0 bridgehead atoms. The van der Waals surface area contributed by atoms with Crippen LogP contribution in [0.3, 0.4) is 0 Å². The fourth-order valence-corrected chi connectivity index (χ4v) is 2.96. The van der Waals surface area contributed by atoms with E-state index in [0.717, 1.165) is 18.2 Å². The maximum atomic E-state index is 14.1. The van der Waals surface area contributed by atoms with Crippen LogP contribution in [0.4, 0.5) is 30.7 Å². The van der Waals surface area contributed by atoms with Crippen LogP contribution in [0.1, 0.15) is 27.7 Å². The third kappa shape index (κ3) is 6.78. The molecule has 15 heteroatoms. The first-order chi connectivity index (χ1) is 16.8. The van der Waals surface area contributed by atoms with Crippen LogP contribution in [0, 0.1) is 5.82 Å². The van der Waals surface area contributed by atoms with Gasteiger partial charge in [-0.05, 0) is 29.8 Å². The Morgan fingerprint density at radius 1 is 1.11 bits per heavy atom. The van der Waals surface area contributed by atoms with Gasteiger partial charge in [0.2, 0.25) is 0 Å². The van der Waals surface area contributed by atoms with Gasteiger partial charge < -0.3 is 19.8 Å². The quantitative estimate of drug-likeness (QED) is 0.457. The summed E-state index contributed by atoms with van der Waals surface area (Å²) in [4.78, 5) is 34.5. The van der Waals surface area contributed by atoms with Crippen molar-refractivity contribution in [1.29, 1.82) is 0 Å². The zero-order chi connectivity index (χ0) is 26.7. The van der Waals surface area contributed by atoms with Gasteiger partial charge in [-0.3, -0.25) is 14.6 Å². The van der Waals surface area contributed by atoms with Crippen LogP contribution < -0.4 is 15.6 Å². The number of pyridine rings is 1. The molecule has 0 saturated carbocycles. The first kappa shape index (κ1) is 26.6. The van der Waals surface area contributed by atoms with Crippen molar-refractivity contribution in [3.05, 3.63) is 75.6 Å². The third-order valence-electron chi connectivity index (χ3n) is 4.53. The minimum atomic E-state index is -5.12. The Morgan fingerprint density at radius 2 is 1.83 bits per heavy atom. The van der Waals surface area contributed by atoms with Gasteiger partial charge in [0.25, 0.3) is 11.5 Å². The molecule has 36 heavy (non-hydrogen) atoms. The van der Waals surface area contributed by atoms with E-state index in [1.165, 1.54) is 7.11 Å². The molecule has 3 rings (SSSR count). The number of benzene rings is 1. The number of halogens is 7. The van der Waals surface area contributed by atoms with Crippen molar-refractivity contribution in [2.75, 3.05) is 13.7 Å². The lowest BCUT2D eigenvalue weighted by Gasteiger charge is -2.19. The number of methoxy groups -OCH3 is 1. The highest BCUT2D eigenvalue weighted by Gasteiger charge is 2.33. The van der Waals surface area contributed by atoms with Crippen molar-refractivity contribution < 1.29 is 45.0 Å². The molecule has 0 spiro atoms. The van der Waals surface area contributed by atoms with Crippen molar-refractivity contribution >= 4 is 5.91 Å². The van der Waals surface area contributed by atoms with E-state index in [1.54, 1.807) is 0 Å². The highest BCUT2D eigenvalue weighted by Crippen LogP contribution is 2.30. The molecule has 2 N–H and O–H groups in total. The number of nitrogens with one attached hydrogen (secondary N) is 2. The number of aromatic amines is 1. The van der Waals surface area contributed by atoms with E-state index in [2.05, 4.69) is 25.0 Å². The summed E-state index contributed by atoms with van der Waals surface area (Å²) in [6.45, 7) is -0.249. The number of aromatic nitrogens is 3. The molecule has 1 atom stereocenters. The Hall–Kier alpha value is -4.01. The summed E-state index contributed by atoms with van der Waals surface area (Å²) < 4.78 is 98.0. The van der Waals surface area contributed by atoms with Crippen LogP contribution in [0.15, 0.2) is 47.4 Å². The van der Waals surface area contributed by atoms with Crippen LogP contribution in [0.2, 0.25) is 0 Å². The molecule has 0 unspecified atom stereocenters. The second kappa shape index (κ2) is 10.3. The number of amides is 1. The molecule has 3 aromatic rings. The van der Waals surface area contributed by atoms with Gasteiger partial charge in [-0.15, -0.1) is 13.2 Å². The second-order valence-corrected chi connectivity index (χ2v) is 7.13. The fourth-order valence-electron chi connectivity index (χ4n) is 2.96. The highest BCUT2D eigenvalue weighted by molar-refractivity contribution is 5.92. The van der Waals surface area contributed by atoms with Gasteiger partial charge in [-0.25, -0.2) is 9.37 Å². The number of hydrogen-bond acceptors (Lipinski definition) is 6. The van der Waals surface area contributed by atoms with Crippen LogP contribution in [-0.4, -0.2) is 40.9 Å². The van der Waals surface area contributed by atoms with E-state index in [-0.39, 0.29) is 23.7 Å². The average Bonchev–Trinajstić information content (AvgIpc) is 2.78. The van der Waals surface area contributed by atoms with Crippen molar-refractivity contribution in [3.8, 4) is 17.3 Å². The van der Waals surface area contributed by atoms with E-state index in [1.807, 2.05) is 0 Å². The molecule has 8 nitrogen and oxygen atoms in total. The Bertz CT molecular complexity index is 1290. The van der Waals surface area contributed by atoms with Crippen LogP contribution >= 0.6 is 0 Å². The molecule has 0 aliphatic carbocycles. The minimum Gasteiger partial charge on any atom is -0.403 e. The molecule has 2 aromatic heterocycles. The van der Waals surface area contributed by atoms with E-state index < -0.39 is 52.9 Å². The smallest absolute Gasteiger partial charge is 0.403 e. The van der Waals surface area contributed by atoms with Gasteiger partial charge in [0.15, 0.2) is 17.4 Å². The molecule has 0 fully saturated rings. The molecule has 2 heterocycles. The number of nitrogens with zero attached hydrogens (tertiary/aromatic N) is 2. The van der Waals surface area contributed by atoms with Gasteiger partial charge >= 0.3 is 12.5 Å². The summed E-state index contributed by atoms with van der Waals surface area (Å²) in [6.07, 6.45) is -9.23. The van der Waals surface area contributed by atoms with Crippen molar-refractivity contribution in [1.82, 2.24) is 20.3 Å². The third-order valence-corrected chi connectivity index (χ3v) is 4.53. The Balaban J connectivity index is 1.86. The molecule has 0 radical (unpaired) electrons. The molecule has 1 amide bonds. The zero-order valence-corrected chi connectivity index (χ0v) is 18.0. The largest absolute Gasteiger partial charge is 0.573 e. The van der Waals surface area contributed by atoms with E-state index >= 15 is 0 Å². The first-order valence-electron chi connectivity index (χ1n) is 9.77. The van der Waals surface area contributed by atoms with Crippen molar-refractivity contribution in [2.24, 2.45) is 0 Å². The fraction of sp³-hybridized carbons (Fsp3) is 0.238. The lowest BCUT2D eigenvalue weighted by molar-refractivity contribution is -0.275. The molecular weight excluding hydrogens is 505 g/mol. The summed E-state index contributed by atoms with van der Waals surface area (Å²) in [6, 6.07) is 3.85. The van der Waals surface area contributed by atoms with Gasteiger partial charge in [0.1, 0.15) is 11.4 Å². The predicted molar refractivity (Wildman–Crippen MR) is 108 cm³/mol. The maximum absolute atomic E-state index is 14.1. The number of carbonyl (C=O) groups is 1. The zero-order valence-electron chi connectivity index (χ0n) is 18.0. The standard InChI is InChI=1S/C21H15F7N4O4/c1-35-9-15(10-2-5-16(12(22)6-10)36-21(26,27)28)31-19(34)14-7-17(33)32-18(30-14)13-4-3-11(8-29-13)20(23,24)25/h2-8,15H,9H2,1H3,(H,31,34)(H,30,32,33)/t15-/m1/s1. The SMILES string of the molecule is COC[C@@H](NC(=O)c1cc(=O)[nH]c(-c2ccc(C(F)(F)F)cn2)n1)c1ccc(OC(F)(F)F)c(F)c1. The van der Waals surface area contributed by atoms with E-state index in [9.17, 15) is 40.3 Å². The number of alkyl halides is 6. The van der Waals surface area contributed by atoms with Gasteiger partial charge in [-0.2, -0.15) is 13.2 Å². The van der Waals surface area contributed by atoms with Crippen molar-refractivity contribution in [3.63, 3.8) is 0 Å². The summed E-state index contributed by atoms with van der Waals surface area (Å²) in [5.74, 6) is -3.71. The summed E-state index contributed by atoms with van der Waals surface area (Å²) in [7, 11) is 1.25. The molecule has 192 valence electrons. The monoisotopic (exact) mass is 520 g/mol.